The fourth-order valence-corrected chi connectivity index (χ4v) is 2.49. The number of rotatable bonds is 15. The Balaban J connectivity index is 3.22. The number of methoxy groups -OCH3 is 1. The zero-order valence-electron chi connectivity index (χ0n) is 14.7. The molecule has 0 rings (SSSR count). The summed E-state index contributed by atoms with van der Waals surface area (Å²) in [6, 6.07) is 0. The highest BCUT2D eigenvalue weighted by Crippen LogP contribution is 2.10. The molecule has 3 nitrogen and oxygen atoms in total. The third kappa shape index (κ3) is 14.1. The van der Waals surface area contributed by atoms with Gasteiger partial charge in [0, 0.05) is 0 Å². The SMILES string of the molecule is CCCCCCCC/C=C\CCCCCCC(O)C(=O)OC. The van der Waals surface area contributed by atoms with E-state index in [1.54, 1.807) is 0 Å². The summed E-state index contributed by atoms with van der Waals surface area (Å²) in [7, 11) is 1.31. The average Bonchev–Trinajstić information content (AvgIpc) is 2.54. The molecule has 0 saturated heterocycles. The van der Waals surface area contributed by atoms with Crippen LogP contribution in [0.3, 0.4) is 0 Å². The van der Waals surface area contributed by atoms with Crippen molar-refractivity contribution in [3.8, 4) is 0 Å². The molecule has 0 spiro atoms. The molecular weight excluding hydrogens is 276 g/mol. The summed E-state index contributed by atoms with van der Waals surface area (Å²) in [6.45, 7) is 2.25. The van der Waals surface area contributed by atoms with Gasteiger partial charge in [0.05, 0.1) is 7.11 Å². The topological polar surface area (TPSA) is 46.5 Å². The van der Waals surface area contributed by atoms with E-state index in [0.717, 1.165) is 25.7 Å². The normalized spacial score (nSPS) is 12.7. The molecule has 0 fully saturated rings. The summed E-state index contributed by atoms with van der Waals surface area (Å²) in [5, 5.41) is 9.42. The van der Waals surface area contributed by atoms with E-state index < -0.39 is 12.1 Å². The lowest BCUT2D eigenvalue weighted by Gasteiger charge is -2.07. The van der Waals surface area contributed by atoms with E-state index in [2.05, 4.69) is 23.8 Å². The number of hydrogen-bond donors (Lipinski definition) is 1. The van der Waals surface area contributed by atoms with Crippen molar-refractivity contribution in [1.82, 2.24) is 0 Å². The van der Waals surface area contributed by atoms with Crippen LogP contribution >= 0.6 is 0 Å². The second kappa shape index (κ2) is 16.5. The number of esters is 1. The minimum atomic E-state index is -0.942. The van der Waals surface area contributed by atoms with Crippen molar-refractivity contribution in [3.63, 3.8) is 0 Å². The number of ether oxygens (including phenoxy) is 1. The van der Waals surface area contributed by atoms with Gasteiger partial charge in [0.15, 0.2) is 6.10 Å². The number of unbranched alkanes of at least 4 members (excludes halogenated alkanes) is 10. The monoisotopic (exact) mass is 312 g/mol. The van der Waals surface area contributed by atoms with Gasteiger partial charge >= 0.3 is 5.97 Å². The van der Waals surface area contributed by atoms with Gasteiger partial charge in [-0.1, -0.05) is 70.4 Å². The molecule has 0 aliphatic rings. The second-order valence-corrected chi connectivity index (χ2v) is 6.06. The highest BCUT2D eigenvalue weighted by Gasteiger charge is 2.13. The molecule has 0 saturated carbocycles. The number of aliphatic hydroxyl groups excluding tert-OH is 1. The Hall–Kier alpha value is -0.830. The van der Waals surface area contributed by atoms with Crippen molar-refractivity contribution >= 4 is 5.97 Å². The molecule has 0 heterocycles. The molecule has 1 unspecified atom stereocenters. The van der Waals surface area contributed by atoms with Gasteiger partial charge in [0.25, 0.3) is 0 Å². The Morgan fingerprint density at radius 3 is 1.95 bits per heavy atom. The van der Waals surface area contributed by atoms with Crippen molar-refractivity contribution in [1.29, 1.82) is 0 Å². The third-order valence-electron chi connectivity index (χ3n) is 3.96. The van der Waals surface area contributed by atoms with Gasteiger partial charge < -0.3 is 9.84 Å². The molecule has 130 valence electrons. The summed E-state index contributed by atoms with van der Waals surface area (Å²) in [5.74, 6) is -0.516. The van der Waals surface area contributed by atoms with Crippen LogP contribution in [0.4, 0.5) is 0 Å². The van der Waals surface area contributed by atoms with E-state index in [4.69, 9.17) is 0 Å². The van der Waals surface area contributed by atoms with Crippen molar-refractivity contribution in [2.45, 2.75) is 96.5 Å². The first-order valence-corrected chi connectivity index (χ1v) is 9.13. The van der Waals surface area contributed by atoms with Crippen LogP contribution < -0.4 is 0 Å². The molecule has 1 N–H and O–H groups in total. The third-order valence-corrected chi connectivity index (χ3v) is 3.96. The van der Waals surface area contributed by atoms with Gasteiger partial charge in [-0.3, -0.25) is 0 Å². The van der Waals surface area contributed by atoms with Crippen molar-refractivity contribution in [3.05, 3.63) is 12.2 Å². The second-order valence-electron chi connectivity index (χ2n) is 6.06. The maximum Gasteiger partial charge on any atom is 0.334 e. The van der Waals surface area contributed by atoms with E-state index in [9.17, 15) is 9.90 Å². The molecule has 0 aliphatic heterocycles. The van der Waals surface area contributed by atoms with Crippen LogP contribution in [0.1, 0.15) is 90.4 Å². The van der Waals surface area contributed by atoms with Crippen LogP contribution in [0.2, 0.25) is 0 Å². The molecule has 1 atom stereocenters. The zero-order valence-corrected chi connectivity index (χ0v) is 14.7. The molecule has 0 aromatic rings. The lowest BCUT2D eigenvalue weighted by molar-refractivity contribution is -0.150. The molecule has 0 aliphatic carbocycles. The number of carbonyl (C=O) groups is 1. The summed E-state index contributed by atoms with van der Waals surface area (Å²) in [4.78, 5) is 11.0. The van der Waals surface area contributed by atoms with Crippen LogP contribution in [0, 0.1) is 0 Å². The van der Waals surface area contributed by atoms with E-state index in [1.165, 1.54) is 58.5 Å². The number of hydrogen-bond acceptors (Lipinski definition) is 3. The summed E-state index contributed by atoms with van der Waals surface area (Å²) in [6.07, 6.45) is 19.1. The molecular formula is C19H36O3. The summed E-state index contributed by atoms with van der Waals surface area (Å²) < 4.78 is 4.48. The van der Waals surface area contributed by atoms with E-state index in [-0.39, 0.29) is 0 Å². The Morgan fingerprint density at radius 1 is 0.909 bits per heavy atom. The maximum absolute atomic E-state index is 11.0. The van der Waals surface area contributed by atoms with Crippen LogP contribution in [0.25, 0.3) is 0 Å². The van der Waals surface area contributed by atoms with Gasteiger partial charge in [-0.05, 0) is 32.1 Å². The number of allylic oxidation sites excluding steroid dienone is 2. The van der Waals surface area contributed by atoms with Crippen LogP contribution in [0.5, 0.6) is 0 Å². The highest BCUT2D eigenvalue weighted by atomic mass is 16.5. The van der Waals surface area contributed by atoms with Crippen LogP contribution in [0.15, 0.2) is 12.2 Å². The first-order chi connectivity index (χ1) is 10.7. The fourth-order valence-electron chi connectivity index (χ4n) is 2.49. The van der Waals surface area contributed by atoms with E-state index >= 15 is 0 Å². The molecule has 3 heteroatoms. The quantitative estimate of drug-likeness (QED) is 0.258. The first-order valence-electron chi connectivity index (χ1n) is 9.13. The van der Waals surface area contributed by atoms with Gasteiger partial charge in [-0.25, -0.2) is 4.79 Å². The minimum Gasteiger partial charge on any atom is -0.467 e. The van der Waals surface area contributed by atoms with Gasteiger partial charge in [0.2, 0.25) is 0 Å². The standard InChI is InChI=1S/C19H36O3/c1-3-4-5-6-7-8-9-10-11-12-13-14-15-16-17-18(20)19(21)22-2/h10-11,18,20H,3-9,12-17H2,1-2H3/b11-10-. The van der Waals surface area contributed by atoms with Crippen LogP contribution in [-0.4, -0.2) is 24.3 Å². The van der Waals surface area contributed by atoms with Crippen molar-refractivity contribution < 1.29 is 14.6 Å². The molecule has 0 bridgehead atoms. The number of aliphatic hydroxyl groups is 1. The molecule has 0 aromatic heterocycles. The van der Waals surface area contributed by atoms with Crippen molar-refractivity contribution in [2.75, 3.05) is 7.11 Å². The summed E-state index contributed by atoms with van der Waals surface area (Å²) >= 11 is 0. The van der Waals surface area contributed by atoms with E-state index in [1.807, 2.05) is 0 Å². The lowest BCUT2D eigenvalue weighted by Crippen LogP contribution is -2.21. The molecule has 22 heavy (non-hydrogen) atoms. The Bertz CT molecular complexity index is 274. The van der Waals surface area contributed by atoms with Crippen LogP contribution in [-0.2, 0) is 9.53 Å². The molecule has 0 amide bonds. The van der Waals surface area contributed by atoms with Gasteiger partial charge in [-0.15, -0.1) is 0 Å². The minimum absolute atomic E-state index is 0.514. The lowest BCUT2D eigenvalue weighted by atomic mass is 10.1. The van der Waals surface area contributed by atoms with Gasteiger partial charge in [-0.2, -0.15) is 0 Å². The van der Waals surface area contributed by atoms with Crippen molar-refractivity contribution in [2.24, 2.45) is 0 Å². The Kier molecular flexibility index (Phi) is 15.9. The fraction of sp³-hybridized carbons (Fsp3) is 0.842. The Morgan fingerprint density at radius 2 is 1.41 bits per heavy atom. The highest BCUT2D eigenvalue weighted by molar-refractivity contribution is 5.74. The average molecular weight is 312 g/mol. The predicted molar refractivity (Wildman–Crippen MR) is 92.9 cm³/mol. The Labute approximate surface area is 137 Å². The summed E-state index contributed by atoms with van der Waals surface area (Å²) in [5.41, 5.74) is 0. The first kappa shape index (κ1) is 21.2. The largest absolute Gasteiger partial charge is 0.467 e. The smallest absolute Gasteiger partial charge is 0.334 e. The maximum atomic E-state index is 11.0. The van der Waals surface area contributed by atoms with E-state index in [0.29, 0.717) is 6.42 Å². The predicted octanol–water partition coefficient (Wildman–Crippen LogP) is 5.17. The molecule has 0 radical (unpaired) electrons. The van der Waals surface area contributed by atoms with Gasteiger partial charge in [0.1, 0.15) is 0 Å². The zero-order chi connectivity index (χ0) is 16.5. The molecule has 0 aromatic carbocycles. The number of carbonyl (C=O) groups excluding carboxylic acids is 1.